The minimum atomic E-state index is -0.994. The van der Waals surface area contributed by atoms with Gasteiger partial charge in [0.05, 0.1) is 17.9 Å². The third-order valence-electron chi connectivity index (χ3n) is 8.01. The van der Waals surface area contributed by atoms with E-state index in [4.69, 9.17) is 9.84 Å². The van der Waals surface area contributed by atoms with E-state index in [0.29, 0.717) is 38.0 Å². The molecule has 5 rings (SSSR count). The number of hydrogen-bond acceptors (Lipinski definition) is 5. The molecule has 8 heteroatoms. The van der Waals surface area contributed by atoms with Crippen LogP contribution in [0.25, 0.3) is 0 Å². The van der Waals surface area contributed by atoms with Crippen LogP contribution in [0.3, 0.4) is 0 Å². The number of fused-ring (bicyclic) bond motifs is 1. The fourth-order valence-corrected chi connectivity index (χ4v) is 6.37. The van der Waals surface area contributed by atoms with Crippen molar-refractivity contribution in [1.82, 2.24) is 10.2 Å². The lowest BCUT2D eigenvalue weighted by molar-refractivity contribution is -0.141. The summed E-state index contributed by atoms with van der Waals surface area (Å²) in [5.41, 5.74) is 0.654. The van der Waals surface area contributed by atoms with E-state index in [1.54, 1.807) is 4.90 Å². The molecule has 3 heterocycles. The molecule has 3 saturated heterocycles. The number of unbranched alkanes of at least 4 members (excludes halogenated alkanes) is 3. The fraction of sp³-hybridized carbons (Fsp3) is 0.483. The monoisotopic (exact) mass is 505 g/mol. The molecule has 2 unspecified atom stereocenters. The molecule has 3 N–H and O–H groups in total. The molecule has 3 aliphatic rings. The van der Waals surface area contributed by atoms with Gasteiger partial charge >= 0.3 is 0 Å². The minimum absolute atomic E-state index is 0.145. The molecule has 0 radical (unpaired) electrons. The summed E-state index contributed by atoms with van der Waals surface area (Å²) in [4.78, 5) is 42.7. The molecule has 3 amide bonds. The largest absolute Gasteiger partial charge is 0.396 e. The molecule has 2 aromatic rings. The van der Waals surface area contributed by atoms with Crippen LogP contribution in [0.5, 0.6) is 0 Å². The first kappa shape index (κ1) is 25.4. The second-order valence-corrected chi connectivity index (χ2v) is 10.3. The highest BCUT2D eigenvalue weighted by atomic mass is 16.5. The average molecular weight is 506 g/mol. The van der Waals surface area contributed by atoms with Gasteiger partial charge in [0.25, 0.3) is 0 Å². The Morgan fingerprint density at radius 3 is 2.41 bits per heavy atom. The number of hydrogen-bond donors (Lipinski definition) is 3. The third-order valence-corrected chi connectivity index (χ3v) is 8.01. The highest BCUT2D eigenvalue weighted by molar-refractivity contribution is 6.02. The van der Waals surface area contributed by atoms with E-state index in [1.807, 2.05) is 60.7 Å². The van der Waals surface area contributed by atoms with Gasteiger partial charge in [0, 0.05) is 25.4 Å². The Bertz CT molecular complexity index is 1110. The van der Waals surface area contributed by atoms with E-state index >= 15 is 0 Å². The fourth-order valence-electron chi connectivity index (χ4n) is 6.37. The zero-order valence-corrected chi connectivity index (χ0v) is 21.0. The number of aliphatic hydroxyl groups excluding tert-OH is 1. The maximum atomic E-state index is 13.9. The van der Waals surface area contributed by atoms with Gasteiger partial charge in [-0.25, -0.2) is 0 Å². The Hall–Kier alpha value is -3.23. The summed E-state index contributed by atoms with van der Waals surface area (Å²) in [7, 11) is 0. The third kappa shape index (κ3) is 4.88. The maximum Gasteiger partial charge on any atom is 0.246 e. The number of rotatable bonds is 11. The van der Waals surface area contributed by atoms with Crippen LogP contribution in [0.4, 0.5) is 5.69 Å². The Kier molecular flexibility index (Phi) is 7.58. The lowest BCUT2D eigenvalue weighted by Crippen LogP contribution is -2.55. The molecule has 196 valence electrons. The van der Waals surface area contributed by atoms with Crippen molar-refractivity contribution in [2.24, 2.45) is 11.8 Å². The first-order chi connectivity index (χ1) is 18.0. The van der Waals surface area contributed by atoms with Crippen LogP contribution in [0.1, 0.15) is 44.1 Å². The molecular formula is C29H35N3O5. The number of anilines is 1. The van der Waals surface area contributed by atoms with Crippen molar-refractivity contribution in [2.45, 2.75) is 62.8 Å². The molecule has 3 fully saturated rings. The molecular weight excluding hydrogens is 470 g/mol. The molecule has 0 aliphatic carbocycles. The maximum absolute atomic E-state index is 13.9. The summed E-state index contributed by atoms with van der Waals surface area (Å²) >= 11 is 0. The van der Waals surface area contributed by atoms with Crippen molar-refractivity contribution < 1.29 is 24.2 Å². The molecule has 1 spiro atoms. The van der Waals surface area contributed by atoms with Gasteiger partial charge in [-0.15, -0.1) is 0 Å². The smallest absolute Gasteiger partial charge is 0.246 e. The second-order valence-electron chi connectivity index (χ2n) is 10.3. The van der Waals surface area contributed by atoms with Crippen molar-refractivity contribution in [3.8, 4) is 0 Å². The van der Waals surface area contributed by atoms with Crippen LogP contribution in [0.2, 0.25) is 0 Å². The number of nitrogens with one attached hydrogen (secondary N) is 2. The van der Waals surface area contributed by atoms with Crippen molar-refractivity contribution in [2.75, 3.05) is 18.5 Å². The summed E-state index contributed by atoms with van der Waals surface area (Å²) in [5.74, 6) is -1.95. The predicted octanol–water partition coefficient (Wildman–Crippen LogP) is 2.87. The molecule has 2 bridgehead atoms. The first-order valence-electron chi connectivity index (χ1n) is 13.3. The standard InChI is InChI=1S/C29H35N3O5/c33-18-10-2-1-9-17-32-25(27(35)30-19-20-11-5-3-6-12-20)29-16-15-22(37-29)23(24(29)28(32)36)26(34)31-21-13-7-4-8-14-21/h3-8,11-14,22-25,33H,1-2,9-10,15-19H2,(H,30,35)(H,31,34)/t22-,23+,24+,25?,29?/m1/s1. The SMILES string of the molecule is O=C(NCc1ccccc1)C1N(CCCCCCO)C(=O)[C@@H]2[C@@H](C(=O)Nc3ccccc3)[C@H]3CCC12O3. The zero-order valence-electron chi connectivity index (χ0n) is 21.0. The highest BCUT2D eigenvalue weighted by Gasteiger charge is 2.74. The number of aliphatic hydroxyl groups is 1. The lowest BCUT2D eigenvalue weighted by atomic mass is 9.70. The van der Waals surface area contributed by atoms with E-state index < -0.39 is 23.5 Å². The van der Waals surface area contributed by atoms with Crippen LogP contribution in [0.15, 0.2) is 60.7 Å². The van der Waals surface area contributed by atoms with Crippen LogP contribution in [-0.2, 0) is 25.7 Å². The van der Waals surface area contributed by atoms with E-state index in [-0.39, 0.29) is 30.4 Å². The number of nitrogens with zero attached hydrogens (tertiary/aromatic N) is 1. The van der Waals surface area contributed by atoms with Crippen molar-refractivity contribution in [3.63, 3.8) is 0 Å². The van der Waals surface area contributed by atoms with Gasteiger partial charge in [-0.3, -0.25) is 14.4 Å². The van der Waals surface area contributed by atoms with Gasteiger partial charge in [0.1, 0.15) is 11.6 Å². The van der Waals surface area contributed by atoms with Crippen molar-refractivity contribution >= 4 is 23.4 Å². The van der Waals surface area contributed by atoms with Gasteiger partial charge in [-0.1, -0.05) is 61.4 Å². The zero-order chi connectivity index (χ0) is 25.8. The van der Waals surface area contributed by atoms with E-state index in [1.165, 1.54) is 0 Å². The Balaban J connectivity index is 1.38. The number of ether oxygens (including phenoxy) is 1. The Labute approximate surface area is 217 Å². The van der Waals surface area contributed by atoms with Crippen LogP contribution in [0, 0.1) is 11.8 Å². The molecule has 5 atom stereocenters. The molecule has 37 heavy (non-hydrogen) atoms. The molecule has 8 nitrogen and oxygen atoms in total. The summed E-state index contributed by atoms with van der Waals surface area (Å²) in [6.07, 6.45) is 3.99. The minimum Gasteiger partial charge on any atom is -0.396 e. The number of benzene rings is 2. The number of amides is 3. The summed E-state index contributed by atoms with van der Waals surface area (Å²) in [6.45, 7) is 0.926. The van der Waals surface area contributed by atoms with Crippen molar-refractivity contribution in [3.05, 3.63) is 66.2 Å². The molecule has 2 aromatic carbocycles. The molecule has 0 saturated carbocycles. The van der Waals surface area contributed by atoms with Gasteiger partial charge in [0.2, 0.25) is 17.7 Å². The topological polar surface area (TPSA) is 108 Å². The second kappa shape index (κ2) is 11.0. The van der Waals surface area contributed by atoms with E-state index in [2.05, 4.69) is 10.6 Å². The summed E-state index contributed by atoms with van der Waals surface area (Å²) in [5, 5.41) is 15.1. The summed E-state index contributed by atoms with van der Waals surface area (Å²) < 4.78 is 6.47. The van der Waals surface area contributed by atoms with E-state index in [9.17, 15) is 14.4 Å². The van der Waals surface area contributed by atoms with Crippen molar-refractivity contribution in [1.29, 1.82) is 0 Å². The normalized spacial score (nSPS) is 27.8. The van der Waals surface area contributed by atoms with Gasteiger partial charge in [-0.05, 0) is 43.4 Å². The quantitative estimate of drug-likeness (QED) is 0.407. The highest BCUT2D eigenvalue weighted by Crippen LogP contribution is 2.58. The summed E-state index contributed by atoms with van der Waals surface area (Å²) in [6, 6.07) is 18.1. The van der Waals surface area contributed by atoms with E-state index in [0.717, 1.165) is 24.8 Å². The molecule has 3 aliphatic heterocycles. The number of carbonyl (C=O) groups is 3. The Morgan fingerprint density at radius 1 is 0.973 bits per heavy atom. The van der Waals surface area contributed by atoms with Crippen LogP contribution in [-0.4, -0.2) is 58.6 Å². The Morgan fingerprint density at radius 2 is 1.68 bits per heavy atom. The van der Waals surface area contributed by atoms with Crippen LogP contribution >= 0.6 is 0 Å². The lowest BCUT2D eigenvalue weighted by Gasteiger charge is -2.33. The number of para-hydroxylation sites is 1. The number of carbonyl (C=O) groups excluding carboxylic acids is 3. The van der Waals surface area contributed by atoms with Gasteiger partial charge < -0.3 is 25.4 Å². The molecule has 0 aromatic heterocycles. The van der Waals surface area contributed by atoms with Gasteiger partial charge in [-0.2, -0.15) is 0 Å². The predicted molar refractivity (Wildman–Crippen MR) is 138 cm³/mol. The van der Waals surface area contributed by atoms with Crippen LogP contribution < -0.4 is 10.6 Å². The number of likely N-dealkylation sites (tertiary alicyclic amines) is 1. The first-order valence-corrected chi connectivity index (χ1v) is 13.3. The van der Waals surface area contributed by atoms with Gasteiger partial charge in [0.15, 0.2) is 0 Å². The average Bonchev–Trinajstić information content (AvgIpc) is 3.56.